The molecule has 3 rings (SSSR count). The first kappa shape index (κ1) is 17.8. The Morgan fingerprint density at radius 1 is 0.846 bits per heavy atom. The Balaban J connectivity index is 1.73. The van der Waals surface area contributed by atoms with Crippen LogP contribution in [0.25, 0.3) is 11.1 Å². The lowest BCUT2D eigenvalue weighted by Gasteiger charge is -2.08. The molecule has 0 fully saturated rings. The van der Waals surface area contributed by atoms with E-state index in [1.165, 1.54) is 0 Å². The zero-order valence-corrected chi connectivity index (χ0v) is 14.7. The Hall–Kier alpha value is -2.96. The third-order valence-electron chi connectivity index (χ3n) is 3.81. The van der Waals surface area contributed by atoms with Gasteiger partial charge in [-0.1, -0.05) is 54.6 Å². The van der Waals surface area contributed by atoms with Crippen molar-refractivity contribution in [3.8, 4) is 11.1 Å². The van der Waals surface area contributed by atoms with E-state index in [2.05, 4.69) is 5.32 Å². The standard InChI is InChI=1S/C20H18N2O3S/c21-26(24,25)14-15-5-4-8-19(13-15)22-20(23)18-11-9-17(10-12-18)16-6-2-1-3-7-16/h1-13H,14H2,(H,22,23)(H2,21,24,25). The summed E-state index contributed by atoms with van der Waals surface area (Å²) in [6.07, 6.45) is 0. The SMILES string of the molecule is NS(=O)(=O)Cc1cccc(NC(=O)c2ccc(-c3ccccc3)cc2)c1. The molecule has 3 aromatic rings. The van der Waals surface area contributed by atoms with Gasteiger partial charge in [0.05, 0.1) is 5.75 Å². The zero-order chi connectivity index (χ0) is 18.6. The van der Waals surface area contributed by atoms with Gasteiger partial charge in [-0.05, 0) is 41.0 Å². The molecule has 0 saturated carbocycles. The highest BCUT2D eigenvalue weighted by Crippen LogP contribution is 2.20. The summed E-state index contributed by atoms with van der Waals surface area (Å²) in [5.74, 6) is -0.542. The van der Waals surface area contributed by atoms with Gasteiger partial charge in [-0.15, -0.1) is 0 Å². The maximum atomic E-state index is 12.4. The molecular weight excluding hydrogens is 348 g/mol. The number of carbonyl (C=O) groups is 1. The fourth-order valence-corrected chi connectivity index (χ4v) is 3.26. The highest BCUT2D eigenvalue weighted by atomic mass is 32.2. The van der Waals surface area contributed by atoms with Crippen LogP contribution < -0.4 is 10.5 Å². The van der Waals surface area contributed by atoms with Gasteiger partial charge in [0.1, 0.15) is 0 Å². The number of nitrogens with one attached hydrogen (secondary N) is 1. The number of hydrogen-bond acceptors (Lipinski definition) is 3. The second-order valence-corrected chi connectivity index (χ2v) is 7.52. The van der Waals surface area contributed by atoms with Crippen molar-refractivity contribution in [2.45, 2.75) is 5.75 Å². The Morgan fingerprint density at radius 2 is 1.50 bits per heavy atom. The van der Waals surface area contributed by atoms with Crippen molar-refractivity contribution in [2.24, 2.45) is 5.14 Å². The number of primary sulfonamides is 1. The van der Waals surface area contributed by atoms with E-state index in [0.29, 0.717) is 16.8 Å². The van der Waals surface area contributed by atoms with E-state index in [4.69, 9.17) is 5.14 Å². The van der Waals surface area contributed by atoms with Gasteiger partial charge in [-0.2, -0.15) is 0 Å². The van der Waals surface area contributed by atoms with Gasteiger partial charge in [0.15, 0.2) is 0 Å². The lowest BCUT2D eigenvalue weighted by molar-refractivity contribution is 0.102. The van der Waals surface area contributed by atoms with Gasteiger partial charge >= 0.3 is 0 Å². The molecule has 26 heavy (non-hydrogen) atoms. The molecule has 3 aromatic carbocycles. The number of carbonyl (C=O) groups excluding carboxylic acids is 1. The van der Waals surface area contributed by atoms with Crippen LogP contribution in [-0.4, -0.2) is 14.3 Å². The third-order valence-corrected chi connectivity index (χ3v) is 4.54. The van der Waals surface area contributed by atoms with E-state index < -0.39 is 10.0 Å². The minimum Gasteiger partial charge on any atom is -0.322 e. The van der Waals surface area contributed by atoms with Crippen molar-refractivity contribution in [3.63, 3.8) is 0 Å². The number of rotatable bonds is 5. The second-order valence-electron chi connectivity index (χ2n) is 5.91. The van der Waals surface area contributed by atoms with Crippen LogP contribution in [0.15, 0.2) is 78.9 Å². The summed E-state index contributed by atoms with van der Waals surface area (Å²) in [7, 11) is -3.62. The molecule has 0 unspecified atom stereocenters. The van der Waals surface area contributed by atoms with E-state index >= 15 is 0 Å². The maximum absolute atomic E-state index is 12.4. The normalized spacial score (nSPS) is 11.1. The van der Waals surface area contributed by atoms with Gasteiger partial charge in [0, 0.05) is 11.3 Å². The summed E-state index contributed by atoms with van der Waals surface area (Å²) < 4.78 is 22.4. The van der Waals surface area contributed by atoms with Crippen molar-refractivity contribution in [1.29, 1.82) is 0 Å². The first-order valence-electron chi connectivity index (χ1n) is 7.97. The van der Waals surface area contributed by atoms with Crippen molar-refractivity contribution in [1.82, 2.24) is 0 Å². The number of nitrogens with two attached hydrogens (primary N) is 1. The van der Waals surface area contributed by atoms with Gasteiger partial charge in [0.25, 0.3) is 5.91 Å². The molecule has 3 N–H and O–H groups in total. The summed E-state index contributed by atoms with van der Waals surface area (Å²) >= 11 is 0. The van der Waals surface area contributed by atoms with Crippen LogP contribution in [0.1, 0.15) is 15.9 Å². The molecule has 0 atom stereocenters. The topological polar surface area (TPSA) is 89.3 Å². The third kappa shape index (κ3) is 4.78. The fourth-order valence-electron chi connectivity index (χ4n) is 2.62. The molecule has 0 heterocycles. The lowest BCUT2D eigenvalue weighted by atomic mass is 10.0. The van der Waals surface area contributed by atoms with Crippen molar-refractivity contribution in [2.75, 3.05) is 5.32 Å². The molecule has 0 saturated heterocycles. The van der Waals surface area contributed by atoms with Crippen LogP contribution >= 0.6 is 0 Å². The minimum atomic E-state index is -3.62. The van der Waals surface area contributed by atoms with Crippen LogP contribution in [0, 0.1) is 0 Å². The molecular formula is C20H18N2O3S. The van der Waals surface area contributed by atoms with Crippen LogP contribution in [0.4, 0.5) is 5.69 Å². The first-order chi connectivity index (χ1) is 12.4. The molecule has 0 aliphatic carbocycles. The highest BCUT2D eigenvalue weighted by Gasteiger charge is 2.09. The van der Waals surface area contributed by atoms with Crippen molar-refractivity contribution < 1.29 is 13.2 Å². The smallest absolute Gasteiger partial charge is 0.255 e. The summed E-state index contributed by atoms with van der Waals surface area (Å²) in [4.78, 5) is 12.4. The second kappa shape index (κ2) is 7.51. The Labute approximate surface area is 152 Å². The van der Waals surface area contributed by atoms with Crippen LogP contribution in [0.2, 0.25) is 0 Å². The van der Waals surface area contributed by atoms with Crippen LogP contribution in [0.3, 0.4) is 0 Å². The Kier molecular flexibility index (Phi) is 5.16. The predicted molar refractivity (Wildman–Crippen MR) is 103 cm³/mol. The Morgan fingerprint density at radius 3 is 2.15 bits per heavy atom. The molecule has 0 aliphatic heterocycles. The van der Waals surface area contributed by atoms with Crippen molar-refractivity contribution >= 4 is 21.6 Å². The average molecular weight is 366 g/mol. The number of benzene rings is 3. The average Bonchev–Trinajstić information content (AvgIpc) is 2.61. The number of anilines is 1. The van der Waals surface area contributed by atoms with E-state index in [-0.39, 0.29) is 11.7 Å². The van der Waals surface area contributed by atoms with Gasteiger partial charge in [-0.3, -0.25) is 4.79 Å². The quantitative estimate of drug-likeness (QED) is 0.725. The zero-order valence-electron chi connectivity index (χ0n) is 13.9. The van der Waals surface area contributed by atoms with Gasteiger partial charge in [0.2, 0.25) is 10.0 Å². The maximum Gasteiger partial charge on any atom is 0.255 e. The first-order valence-corrected chi connectivity index (χ1v) is 9.68. The molecule has 0 spiro atoms. The van der Waals surface area contributed by atoms with Crippen LogP contribution in [-0.2, 0) is 15.8 Å². The Bertz CT molecular complexity index is 1010. The summed E-state index contributed by atoms with van der Waals surface area (Å²) in [5, 5.41) is 7.83. The molecule has 0 bridgehead atoms. The predicted octanol–water partition coefficient (Wildman–Crippen LogP) is 3.39. The minimum absolute atomic E-state index is 0.266. The number of amides is 1. The molecule has 6 heteroatoms. The molecule has 0 aromatic heterocycles. The van der Waals surface area contributed by atoms with Gasteiger partial charge in [-0.25, -0.2) is 13.6 Å². The molecule has 0 radical (unpaired) electrons. The van der Waals surface area contributed by atoms with E-state index in [1.807, 2.05) is 42.5 Å². The summed E-state index contributed by atoms with van der Waals surface area (Å²) in [6.45, 7) is 0. The van der Waals surface area contributed by atoms with E-state index in [1.54, 1.807) is 36.4 Å². The van der Waals surface area contributed by atoms with Crippen molar-refractivity contribution in [3.05, 3.63) is 90.0 Å². The fraction of sp³-hybridized carbons (Fsp3) is 0.0500. The molecule has 0 aliphatic rings. The largest absolute Gasteiger partial charge is 0.322 e. The monoisotopic (exact) mass is 366 g/mol. The highest BCUT2D eigenvalue weighted by molar-refractivity contribution is 7.88. The van der Waals surface area contributed by atoms with Crippen LogP contribution in [0.5, 0.6) is 0 Å². The van der Waals surface area contributed by atoms with E-state index in [0.717, 1.165) is 11.1 Å². The molecule has 132 valence electrons. The molecule has 1 amide bonds. The number of hydrogen-bond donors (Lipinski definition) is 2. The summed E-state index contributed by atoms with van der Waals surface area (Å²) in [5.41, 5.74) is 3.65. The summed E-state index contributed by atoms with van der Waals surface area (Å²) in [6, 6.07) is 23.8. The van der Waals surface area contributed by atoms with E-state index in [9.17, 15) is 13.2 Å². The number of sulfonamides is 1. The van der Waals surface area contributed by atoms with Gasteiger partial charge < -0.3 is 5.32 Å². The molecule has 5 nitrogen and oxygen atoms in total. The lowest BCUT2D eigenvalue weighted by Crippen LogP contribution is -2.15.